The van der Waals surface area contributed by atoms with Crippen LogP contribution in [-0.4, -0.2) is 24.6 Å². The summed E-state index contributed by atoms with van der Waals surface area (Å²) in [7, 11) is 0. The largest absolute Gasteiger partial charge is 0.297 e. The molecule has 0 aromatic heterocycles. The molecule has 0 aromatic carbocycles. The van der Waals surface area contributed by atoms with Gasteiger partial charge < -0.3 is 0 Å². The smallest absolute Gasteiger partial charge is 0.272 e. The van der Waals surface area contributed by atoms with Gasteiger partial charge in [0.05, 0.1) is 0 Å². The number of hydrogen-bond acceptors (Lipinski definition) is 1. The van der Waals surface area contributed by atoms with Crippen molar-refractivity contribution in [2.45, 2.75) is 25.7 Å². The Morgan fingerprint density at radius 1 is 1.20 bits per heavy atom. The van der Waals surface area contributed by atoms with Crippen LogP contribution < -0.4 is 0 Å². The molecule has 60 valence electrons. The monoisotopic (exact) mass is 158 g/mol. The second-order valence-electron chi connectivity index (χ2n) is 1.79. The average Bonchev–Trinajstić information content (AvgIpc) is 1.84. The van der Waals surface area contributed by atoms with Crippen LogP contribution in [0, 0.1) is 0 Å². The molecule has 0 rings (SSSR count). The standard InChI is InChI=1S/C5H6F4O/c1-2(10)3(6)4(7)5(8)9/h3-5H,1H3. The van der Waals surface area contributed by atoms with Crippen molar-refractivity contribution in [2.24, 2.45) is 0 Å². The molecule has 0 aliphatic rings. The summed E-state index contributed by atoms with van der Waals surface area (Å²) in [5.74, 6) is -1.21. The third-order valence-electron chi connectivity index (χ3n) is 0.909. The Bertz CT molecular complexity index is 125. The van der Waals surface area contributed by atoms with Gasteiger partial charge in [-0.25, -0.2) is 17.6 Å². The Hall–Kier alpha value is -0.610. The Balaban J connectivity index is 3.94. The third kappa shape index (κ3) is 2.33. The average molecular weight is 158 g/mol. The second kappa shape index (κ2) is 3.53. The van der Waals surface area contributed by atoms with Crippen molar-refractivity contribution in [2.75, 3.05) is 0 Å². The van der Waals surface area contributed by atoms with E-state index in [1.165, 1.54) is 0 Å². The van der Waals surface area contributed by atoms with Crippen molar-refractivity contribution < 1.29 is 22.4 Å². The van der Waals surface area contributed by atoms with E-state index >= 15 is 0 Å². The highest BCUT2D eigenvalue weighted by Crippen LogP contribution is 2.13. The minimum absolute atomic E-state index is 0.722. The molecule has 0 heterocycles. The fraction of sp³-hybridized carbons (Fsp3) is 0.800. The molecule has 0 N–H and O–H groups in total. The molecule has 0 spiro atoms. The maximum atomic E-state index is 12.0. The summed E-state index contributed by atoms with van der Waals surface area (Å²) < 4.78 is 46.3. The highest BCUT2D eigenvalue weighted by molar-refractivity contribution is 5.80. The predicted octanol–water partition coefficient (Wildman–Crippen LogP) is 1.52. The van der Waals surface area contributed by atoms with Crippen LogP contribution in [0.3, 0.4) is 0 Å². The molecule has 0 bridgehead atoms. The van der Waals surface area contributed by atoms with Crippen LogP contribution in [0.15, 0.2) is 0 Å². The first kappa shape index (κ1) is 9.39. The Labute approximate surface area is 55.0 Å². The summed E-state index contributed by atoms with van der Waals surface area (Å²) in [6.07, 6.45) is -9.11. The molecular formula is C5H6F4O. The molecule has 0 aromatic rings. The highest BCUT2D eigenvalue weighted by atomic mass is 19.3. The van der Waals surface area contributed by atoms with Gasteiger partial charge in [-0.1, -0.05) is 0 Å². The van der Waals surface area contributed by atoms with Crippen LogP contribution in [0.4, 0.5) is 17.6 Å². The molecule has 0 saturated carbocycles. The first-order valence-corrected chi connectivity index (χ1v) is 2.53. The van der Waals surface area contributed by atoms with Crippen LogP contribution in [0.1, 0.15) is 6.92 Å². The minimum atomic E-state index is -3.43. The van der Waals surface area contributed by atoms with E-state index in [9.17, 15) is 22.4 Å². The van der Waals surface area contributed by atoms with Crippen LogP contribution in [0.25, 0.3) is 0 Å². The number of Topliss-reactive ketones (excluding diaryl/α,β-unsaturated/α-hetero) is 1. The zero-order valence-electron chi connectivity index (χ0n) is 5.15. The minimum Gasteiger partial charge on any atom is -0.297 e. The summed E-state index contributed by atoms with van der Waals surface area (Å²) in [4.78, 5) is 9.94. The van der Waals surface area contributed by atoms with Gasteiger partial charge in [0.1, 0.15) is 0 Å². The van der Waals surface area contributed by atoms with Gasteiger partial charge in [0, 0.05) is 0 Å². The first-order valence-electron chi connectivity index (χ1n) is 2.53. The molecule has 0 aliphatic carbocycles. The van der Waals surface area contributed by atoms with Crippen molar-refractivity contribution in [3.8, 4) is 0 Å². The van der Waals surface area contributed by atoms with Crippen LogP contribution in [-0.2, 0) is 4.79 Å². The normalized spacial score (nSPS) is 17.0. The SMILES string of the molecule is CC(=O)C(F)C(F)C(F)F. The van der Waals surface area contributed by atoms with Gasteiger partial charge in [-0.05, 0) is 6.92 Å². The van der Waals surface area contributed by atoms with E-state index in [-0.39, 0.29) is 0 Å². The van der Waals surface area contributed by atoms with E-state index in [0.717, 1.165) is 6.92 Å². The highest BCUT2D eigenvalue weighted by Gasteiger charge is 2.32. The van der Waals surface area contributed by atoms with Crippen molar-refractivity contribution in [1.82, 2.24) is 0 Å². The van der Waals surface area contributed by atoms with E-state index in [1.54, 1.807) is 0 Å². The van der Waals surface area contributed by atoms with Crippen molar-refractivity contribution >= 4 is 5.78 Å². The number of hydrogen-bond donors (Lipinski definition) is 0. The Kier molecular flexibility index (Phi) is 3.32. The van der Waals surface area contributed by atoms with Gasteiger partial charge >= 0.3 is 0 Å². The quantitative estimate of drug-likeness (QED) is 0.569. The molecule has 2 unspecified atom stereocenters. The molecule has 10 heavy (non-hydrogen) atoms. The van der Waals surface area contributed by atoms with Crippen LogP contribution in [0.5, 0.6) is 0 Å². The van der Waals surface area contributed by atoms with Crippen molar-refractivity contribution in [3.05, 3.63) is 0 Å². The number of ketones is 1. The molecule has 0 amide bonds. The summed E-state index contributed by atoms with van der Waals surface area (Å²) >= 11 is 0. The van der Waals surface area contributed by atoms with Gasteiger partial charge in [-0.3, -0.25) is 4.79 Å². The molecule has 0 aliphatic heterocycles. The predicted molar refractivity (Wildman–Crippen MR) is 26.5 cm³/mol. The van der Waals surface area contributed by atoms with Crippen molar-refractivity contribution in [1.29, 1.82) is 0 Å². The van der Waals surface area contributed by atoms with Crippen molar-refractivity contribution in [3.63, 3.8) is 0 Å². The van der Waals surface area contributed by atoms with Gasteiger partial charge in [0.25, 0.3) is 6.43 Å². The molecule has 0 radical (unpaired) electrons. The van der Waals surface area contributed by atoms with E-state index in [1.807, 2.05) is 0 Å². The number of rotatable bonds is 3. The maximum Gasteiger partial charge on any atom is 0.272 e. The van der Waals surface area contributed by atoms with E-state index in [2.05, 4.69) is 0 Å². The Morgan fingerprint density at radius 2 is 1.60 bits per heavy atom. The number of alkyl halides is 4. The summed E-state index contributed by atoms with van der Waals surface area (Å²) in [5.41, 5.74) is 0. The van der Waals surface area contributed by atoms with Gasteiger partial charge in [0.2, 0.25) is 0 Å². The number of carbonyl (C=O) groups is 1. The summed E-state index contributed by atoms with van der Waals surface area (Å²) in [6, 6.07) is 0. The molecular weight excluding hydrogens is 152 g/mol. The Morgan fingerprint density at radius 3 is 1.70 bits per heavy atom. The summed E-state index contributed by atoms with van der Waals surface area (Å²) in [6.45, 7) is 0.722. The molecule has 0 saturated heterocycles. The van der Waals surface area contributed by atoms with Gasteiger partial charge in [0.15, 0.2) is 18.1 Å². The molecule has 1 nitrogen and oxygen atoms in total. The lowest BCUT2D eigenvalue weighted by molar-refractivity contribution is -0.127. The van der Waals surface area contributed by atoms with Crippen LogP contribution >= 0.6 is 0 Å². The fourth-order valence-electron chi connectivity index (χ4n) is 0.352. The third-order valence-corrected chi connectivity index (χ3v) is 0.909. The fourth-order valence-corrected chi connectivity index (χ4v) is 0.352. The van der Waals surface area contributed by atoms with Gasteiger partial charge in [-0.2, -0.15) is 0 Å². The second-order valence-corrected chi connectivity index (χ2v) is 1.79. The lowest BCUT2D eigenvalue weighted by atomic mass is 10.2. The number of carbonyl (C=O) groups excluding carboxylic acids is 1. The zero-order chi connectivity index (χ0) is 8.31. The van der Waals surface area contributed by atoms with Crippen LogP contribution in [0.2, 0.25) is 0 Å². The molecule has 5 heteroatoms. The van der Waals surface area contributed by atoms with E-state index in [4.69, 9.17) is 0 Å². The maximum absolute atomic E-state index is 12.0. The van der Waals surface area contributed by atoms with E-state index in [0.29, 0.717) is 0 Å². The lowest BCUT2D eigenvalue weighted by Crippen LogP contribution is -2.30. The summed E-state index contributed by atoms with van der Waals surface area (Å²) in [5, 5.41) is 0. The lowest BCUT2D eigenvalue weighted by Gasteiger charge is -2.08. The first-order chi connectivity index (χ1) is 4.46. The van der Waals surface area contributed by atoms with E-state index < -0.39 is 24.6 Å². The molecule has 2 atom stereocenters. The van der Waals surface area contributed by atoms with Gasteiger partial charge in [-0.15, -0.1) is 0 Å². The molecule has 0 fully saturated rings. The number of halogens is 4. The topological polar surface area (TPSA) is 17.1 Å². The zero-order valence-corrected chi connectivity index (χ0v) is 5.15.